The van der Waals surface area contributed by atoms with E-state index in [0.29, 0.717) is 0 Å². The smallest absolute Gasteiger partial charge is 0.0716 e. The van der Waals surface area contributed by atoms with Crippen LogP contribution in [0.15, 0.2) is 140 Å². The minimum atomic E-state index is 0.115. The van der Waals surface area contributed by atoms with E-state index in [2.05, 4.69) is 159 Å². The van der Waals surface area contributed by atoms with Crippen LogP contribution < -0.4 is 0 Å². The molecule has 0 fully saturated rings. The van der Waals surface area contributed by atoms with Gasteiger partial charge >= 0.3 is 0 Å². The number of fused-ring (bicyclic) bond motifs is 5. The SMILES string of the molecule is CC(C)(C)c1ccc(-c2c3ccccc3c(-c3ccc(-n4c5ccccc5c5ccccc54)cn3)c3ccccc23)cc1. The molecule has 2 nitrogen and oxygen atoms in total. The predicted molar refractivity (Wildman–Crippen MR) is 183 cm³/mol. The van der Waals surface area contributed by atoms with Gasteiger partial charge in [0, 0.05) is 16.3 Å². The van der Waals surface area contributed by atoms with Crippen molar-refractivity contribution in [1.82, 2.24) is 9.55 Å². The van der Waals surface area contributed by atoms with E-state index in [1.807, 2.05) is 6.20 Å². The molecular weight excluding hydrogens is 520 g/mol. The number of hydrogen-bond donors (Lipinski definition) is 0. The maximum absolute atomic E-state index is 5.14. The Balaban J connectivity index is 1.34. The third-order valence-electron chi connectivity index (χ3n) is 8.81. The van der Waals surface area contributed by atoms with Gasteiger partial charge in [0.2, 0.25) is 0 Å². The Morgan fingerprint density at radius 3 is 1.40 bits per heavy atom. The fourth-order valence-corrected chi connectivity index (χ4v) is 6.72. The highest BCUT2D eigenvalue weighted by Gasteiger charge is 2.19. The first kappa shape index (κ1) is 25.5. The lowest BCUT2D eigenvalue weighted by atomic mass is 9.84. The van der Waals surface area contributed by atoms with Crippen molar-refractivity contribution in [1.29, 1.82) is 0 Å². The van der Waals surface area contributed by atoms with E-state index in [9.17, 15) is 0 Å². The number of para-hydroxylation sites is 2. The Morgan fingerprint density at radius 2 is 0.930 bits per heavy atom. The molecule has 2 heterocycles. The lowest BCUT2D eigenvalue weighted by Crippen LogP contribution is -2.10. The summed E-state index contributed by atoms with van der Waals surface area (Å²) >= 11 is 0. The summed E-state index contributed by atoms with van der Waals surface area (Å²) in [7, 11) is 0. The van der Waals surface area contributed by atoms with Crippen molar-refractivity contribution < 1.29 is 0 Å². The number of rotatable bonds is 3. The van der Waals surface area contributed by atoms with Crippen LogP contribution in [0.3, 0.4) is 0 Å². The van der Waals surface area contributed by atoms with Crippen LogP contribution in [0.4, 0.5) is 0 Å². The summed E-state index contributed by atoms with van der Waals surface area (Å²) in [5.74, 6) is 0. The van der Waals surface area contributed by atoms with Crippen LogP contribution in [0.2, 0.25) is 0 Å². The fraction of sp³-hybridized carbons (Fsp3) is 0.0976. The van der Waals surface area contributed by atoms with Crippen molar-refractivity contribution in [2.45, 2.75) is 26.2 Å². The number of pyridine rings is 1. The van der Waals surface area contributed by atoms with Gasteiger partial charge in [-0.3, -0.25) is 4.98 Å². The van der Waals surface area contributed by atoms with Gasteiger partial charge in [-0.15, -0.1) is 0 Å². The van der Waals surface area contributed by atoms with Crippen molar-refractivity contribution in [3.63, 3.8) is 0 Å². The first-order chi connectivity index (χ1) is 21.0. The van der Waals surface area contributed by atoms with Crippen LogP contribution in [0.25, 0.3) is 71.4 Å². The Hall–Kier alpha value is -5.21. The summed E-state index contributed by atoms with van der Waals surface area (Å²) in [6.07, 6.45) is 2.02. The highest BCUT2D eigenvalue weighted by Crippen LogP contribution is 2.43. The summed E-state index contributed by atoms with van der Waals surface area (Å²) in [5, 5.41) is 7.43. The van der Waals surface area contributed by atoms with Crippen molar-refractivity contribution in [2.75, 3.05) is 0 Å². The van der Waals surface area contributed by atoms with E-state index in [-0.39, 0.29) is 5.41 Å². The Bertz CT molecular complexity index is 2190. The van der Waals surface area contributed by atoms with Crippen molar-refractivity contribution >= 4 is 43.4 Å². The summed E-state index contributed by atoms with van der Waals surface area (Å²) < 4.78 is 2.32. The first-order valence-corrected chi connectivity index (χ1v) is 15.0. The lowest BCUT2D eigenvalue weighted by Gasteiger charge is -2.20. The van der Waals surface area contributed by atoms with Crippen LogP contribution in [0, 0.1) is 0 Å². The van der Waals surface area contributed by atoms with E-state index < -0.39 is 0 Å². The fourth-order valence-electron chi connectivity index (χ4n) is 6.72. The average Bonchev–Trinajstić information content (AvgIpc) is 3.38. The second-order valence-corrected chi connectivity index (χ2v) is 12.4. The summed E-state index contributed by atoms with van der Waals surface area (Å²) in [4.78, 5) is 5.14. The largest absolute Gasteiger partial charge is 0.308 e. The van der Waals surface area contributed by atoms with E-state index in [1.54, 1.807) is 0 Å². The highest BCUT2D eigenvalue weighted by atomic mass is 15.0. The van der Waals surface area contributed by atoms with Gasteiger partial charge < -0.3 is 4.57 Å². The Labute approximate surface area is 251 Å². The van der Waals surface area contributed by atoms with Crippen LogP contribution in [-0.2, 0) is 5.41 Å². The second kappa shape index (κ2) is 9.68. The standard InChI is InChI=1S/C41H32N2/c1-41(2,3)28-22-20-27(21-23-28)39-32-14-4-6-16-34(32)40(35-17-7-5-15-33(35)39)36-25-24-29(26-42-36)43-37-18-10-8-12-30(37)31-13-9-11-19-38(31)43/h4-26H,1-3H3. The van der Waals surface area contributed by atoms with E-state index in [4.69, 9.17) is 4.98 Å². The van der Waals surface area contributed by atoms with E-state index in [0.717, 1.165) is 11.4 Å². The zero-order valence-electron chi connectivity index (χ0n) is 24.7. The van der Waals surface area contributed by atoms with Gasteiger partial charge in [-0.25, -0.2) is 0 Å². The number of aromatic nitrogens is 2. The third kappa shape index (κ3) is 4.06. The molecule has 0 amide bonds. The monoisotopic (exact) mass is 552 g/mol. The number of hydrogen-bond acceptors (Lipinski definition) is 1. The Morgan fingerprint density at radius 1 is 0.465 bits per heavy atom. The van der Waals surface area contributed by atoms with Crippen molar-refractivity contribution in [3.8, 4) is 28.1 Å². The molecule has 2 aromatic heterocycles. The molecule has 8 aromatic rings. The predicted octanol–water partition coefficient (Wildman–Crippen LogP) is 11.1. The zero-order chi connectivity index (χ0) is 29.1. The molecule has 0 aliphatic carbocycles. The summed E-state index contributed by atoms with van der Waals surface area (Å²) in [6, 6.07) is 48.3. The molecule has 0 N–H and O–H groups in total. The van der Waals surface area contributed by atoms with Crippen LogP contribution in [0.5, 0.6) is 0 Å². The van der Waals surface area contributed by atoms with E-state index >= 15 is 0 Å². The molecular formula is C41H32N2. The van der Waals surface area contributed by atoms with Gasteiger partial charge in [0.1, 0.15) is 0 Å². The molecule has 43 heavy (non-hydrogen) atoms. The molecule has 0 atom stereocenters. The average molecular weight is 553 g/mol. The van der Waals surface area contributed by atoms with Gasteiger partial charge in [0.05, 0.1) is 28.6 Å². The van der Waals surface area contributed by atoms with Gasteiger partial charge in [0.25, 0.3) is 0 Å². The lowest BCUT2D eigenvalue weighted by molar-refractivity contribution is 0.590. The van der Waals surface area contributed by atoms with Gasteiger partial charge in [-0.1, -0.05) is 130 Å². The number of nitrogens with zero attached hydrogens (tertiary/aromatic N) is 2. The zero-order valence-corrected chi connectivity index (χ0v) is 24.7. The first-order valence-electron chi connectivity index (χ1n) is 15.0. The molecule has 0 spiro atoms. The molecule has 0 radical (unpaired) electrons. The molecule has 0 aliphatic heterocycles. The Kier molecular flexibility index (Phi) is 5.74. The molecule has 6 aromatic carbocycles. The van der Waals surface area contributed by atoms with Gasteiger partial charge in [-0.2, -0.15) is 0 Å². The molecule has 0 aliphatic rings. The van der Waals surface area contributed by atoms with Crippen molar-refractivity contribution in [3.05, 3.63) is 145 Å². The molecule has 0 saturated carbocycles. The minimum Gasteiger partial charge on any atom is -0.308 e. The van der Waals surface area contributed by atoms with Gasteiger partial charge in [-0.05, 0) is 67.9 Å². The molecule has 0 saturated heterocycles. The van der Waals surface area contributed by atoms with Crippen molar-refractivity contribution in [2.24, 2.45) is 0 Å². The van der Waals surface area contributed by atoms with Crippen LogP contribution in [-0.4, -0.2) is 9.55 Å². The normalized spacial score (nSPS) is 12.1. The van der Waals surface area contributed by atoms with Crippen LogP contribution >= 0.6 is 0 Å². The summed E-state index contributed by atoms with van der Waals surface area (Å²) in [5.41, 5.74) is 9.57. The maximum atomic E-state index is 5.14. The number of benzene rings is 6. The summed E-state index contributed by atoms with van der Waals surface area (Å²) in [6.45, 7) is 6.80. The molecule has 206 valence electrons. The van der Waals surface area contributed by atoms with E-state index in [1.165, 1.54) is 65.6 Å². The maximum Gasteiger partial charge on any atom is 0.0716 e. The highest BCUT2D eigenvalue weighted by molar-refractivity contribution is 6.21. The third-order valence-corrected chi connectivity index (χ3v) is 8.81. The quantitative estimate of drug-likeness (QED) is 0.199. The van der Waals surface area contributed by atoms with Gasteiger partial charge in [0.15, 0.2) is 0 Å². The topological polar surface area (TPSA) is 17.8 Å². The minimum absolute atomic E-state index is 0.115. The van der Waals surface area contributed by atoms with Crippen LogP contribution in [0.1, 0.15) is 26.3 Å². The molecule has 8 rings (SSSR count). The molecule has 0 unspecified atom stereocenters. The second-order valence-electron chi connectivity index (χ2n) is 12.4. The molecule has 2 heteroatoms. The molecule has 0 bridgehead atoms.